The van der Waals surface area contributed by atoms with E-state index in [2.05, 4.69) is 0 Å². The van der Waals surface area contributed by atoms with Gasteiger partial charge in [-0.3, -0.25) is 19.2 Å². The Kier molecular flexibility index (Phi) is 7.15. The number of morpholine rings is 1. The number of nitro benzene ring substituents is 1. The minimum atomic E-state index is -4.52. The van der Waals surface area contributed by atoms with E-state index in [0.29, 0.717) is 32.1 Å². The number of hydrogen-bond donors (Lipinski definition) is 0. The molecule has 0 spiro atoms. The highest BCUT2D eigenvalue weighted by Gasteiger charge is 2.35. The summed E-state index contributed by atoms with van der Waals surface area (Å²) in [5.74, 6) is 0.0720. The van der Waals surface area contributed by atoms with Gasteiger partial charge in [-0.15, -0.1) is 0 Å². The summed E-state index contributed by atoms with van der Waals surface area (Å²) in [6.07, 6.45) is 0. The SMILES string of the molecule is COc1ccc(N(CC(=O)N2CCOCC2)S(=O)(=O)c2ccccc2[N+](=O)[O-])c(OC)c1. The molecule has 1 amide bonds. The maximum absolute atomic E-state index is 13.6. The average molecular weight is 465 g/mol. The topological polar surface area (TPSA) is 129 Å². The molecule has 1 heterocycles. The van der Waals surface area contributed by atoms with Crippen molar-refractivity contribution in [3.63, 3.8) is 0 Å². The second-order valence-electron chi connectivity index (χ2n) is 6.77. The number of para-hydroxylation sites is 1. The molecule has 0 bridgehead atoms. The van der Waals surface area contributed by atoms with Crippen LogP contribution in [0.25, 0.3) is 0 Å². The molecule has 3 rings (SSSR count). The van der Waals surface area contributed by atoms with Gasteiger partial charge >= 0.3 is 0 Å². The number of methoxy groups -OCH3 is 2. The Balaban J connectivity index is 2.12. The first-order valence-electron chi connectivity index (χ1n) is 9.63. The third kappa shape index (κ3) is 4.75. The maximum Gasteiger partial charge on any atom is 0.289 e. The molecule has 0 saturated carbocycles. The van der Waals surface area contributed by atoms with Crippen LogP contribution in [0.4, 0.5) is 11.4 Å². The van der Waals surface area contributed by atoms with Gasteiger partial charge < -0.3 is 19.1 Å². The van der Waals surface area contributed by atoms with Gasteiger partial charge in [0.15, 0.2) is 4.90 Å². The van der Waals surface area contributed by atoms with Crippen molar-refractivity contribution in [3.8, 4) is 11.5 Å². The first-order valence-corrected chi connectivity index (χ1v) is 11.1. The zero-order valence-electron chi connectivity index (χ0n) is 17.6. The van der Waals surface area contributed by atoms with E-state index in [-0.39, 0.29) is 11.4 Å². The lowest BCUT2D eigenvalue weighted by atomic mass is 10.2. The number of hydrogen-bond acceptors (Lipinski definition) is 8. The number of anilines is 1. The van der Waals surface area contributed by atoms with Crippen LogP contribution in [0.15, 0.2) is 47.4 Å². The van der Waals surface area contributed by atoms with Crippen molar-refractivity contribution in [2.24, 2.45) is 0 Å². The summed E-state index contributed by atoms with van der Waals surface area (Å²) in [6, 6.07) is 9.39. The van der Waals surface area contributed by atoms with Crippen molar-refractivity contribution in [1.82, 2.24) is 4.90 Å². The molecular weight excluding hydrogens is 442 g/mol. The van der Waals surface area contributed by atoms with Crippen molar-refractivity contribution in [2.45, 2.75) is 4.90 Å². The Morgan fingerprint density at radius 1 is 1.16 bits per heavy atom. The molecule has 2 aromatic rings. The van der Waals surface area contributed by atoms with Crippen LogP contribution < -0.4 is 13.8 Å². The summed E-state index contributed by atoms with van der Waals surface area (Å²) < 4.78 is 43.8. The Morgan fingerprint density at radius 3 is 2.47 bits per heavy atom. The lowest BCUT2D eigenvalue weighted by molar-refractivity contribution is -0.387. The van der Waals surface area contributed by atoms with Crippen LogP contribution in [0.3, 0.4) is 0 Å². The van der Waals surface area contributed by atoms with E-state index in [1.165, 1.54) is 49.5 Å². The fourth-order valence-electron chi connectivity index (χ4n) is 3.27. The van der Waals surface area contributed by atoms with E-state index in [9.17, 15) is 23.3 Å². The fourth-order valence-corrected chi connectivity index (χ4v) is 4.86. The van der Waals surface area contributed by atoms with Crippen LogP contribution in [-0.2, 0) is 19.6 Å². The van der Waals surface area contributed by atoms with Crippen LogP contribution in [0, 0.1) is 10.1 Å². The van der Waals surface area contributed by atoms with E-state index >= 15 is 0 Å². The van der Waals surface area contributed by atoms with Crippen LogP contribution >= 0.6 is 0 Å². The summed E-state index contributed by atoms with van der Waals surface area (Å²) in [6.45, 7) is 0.746. The van der Waals surface area contributed by atoms with E-state index in [4.69, 9.17) is 14.2 Å². The van der Waals surface area contributed by atoms with E-state index < -0.39 is 38.0 Å². The second-order valence-corrected chi connectivity index (χ2v) is 8.60. The van der Waals surface area contributed by atoms with Crippen molar-refractivity contribution in [1.29, 1.82) is 0 Å². The van der Waals surface area contributed by atoms with Crippen LogP contribution in [0.2, 0.25) is 0 Å². The molecule has 1 aliphatic rings. The quantitative estimate of drug-likeness (QED) is 0.425. The molecule has 11 nitrogen and oxygen atoms in total. The van der Waals surface area contributed by atoms with Crippen molar-refractivity contribution < 1.29 is 32.3 Å². The van der Waals surface area contributed by atoms with Crippen molar-refractivity contribution >= 4 is 27.3 Å². The lowest BCUT2D eigenvalue weighted by Crippen LogP contribution is -2.47. The van der Waals surface area contributed by atoms with Gasteiger partial charge in [0.25, 0.3) is 15.7 Å². The normalized spacial score (nSPS) is 14.0. The molecule has 0 aliphatic carbocycles. The summed E-state index contributed by atoms with van der Waals surface area (Å²) in [5, 5.41) is 11.5. The summed E-state index contributed by atoms with van der Waals surface area (Å²) >= 11 is 0. The first kappa shape index (κ1) is 23.3. The second kappa shape index (κ2) is 9.83. The number of sulfonamides is 1. The van der Waals surface area contributed by atoms with E-state index in [0.717, 1.165) is 16.4 Å². The smallest absolute Gasteiger partial charge is 0.289 e. The molecule has 0 aromatic heterocycles. The monoisotopic (exact) mass is 465 g/mol. The molecule has 0 atom stereocenters. The van der Waals surface area contributed by atoms with Gasteiger partial charge in [-0.05, 0) is 18.2 Å². The zero-order chi connectivity index (χ0) is 23.3. The van der Waals surface area contributed by atoms with Crippen molar-refractivity contribution in [3.05, 3.63) is 52.6 Å². The Bertz CT molecular complexity index is 1100. The minimum absolute atomic E-state index is 0.0491. The van der Waals surface area contributed by atoms with Crippen LogP contribution in [0.1, 0.15) is 0 Å². The molecule has 12 heteroatoms. The first-order chi connectivity index (χ1) is 15.3. The average Bonchev–Trinajstić information content (AvgIpc) is 2.82. The number of ether oxygens (including phenoxy) is 3. The molecule has 32 heavy (non-hydrogen) atoms. The predicted molar refractivity (Wildman–Crippen MR) is 115 cm³/mol. The molecule has 1 saturated heterocycles. The van der Waals surface area contributed by atoms with Gasteiger partial charge in [0.05, 0.1) is 38.0 Å². The Labute approximate surface area is 185 Å². The molecule has 0 radical (unpaired) electrons. The number of nitrogens with zero attached hydrogens (tertiary/aromatic N) is 3. The number of benzene rings is 2. The maximum atomic E-state index is 13.6. The summed E-state index contributed by atoms with van der Waals surface area (Å²) in [4.78, 5) is 24.6. The van der Waals surface area contributed by atoms with Gasteiger partial charge in [-0.2, -0.15) is 0 Å². The molecule has 2 aromatic carbocycles. The summed E-state index contributed by atoms with van der Waals surface area (Å²) in [5.41, 5.74) is -0.545. The molecule has 1 aliphatic heterocycles. The molecule has 1 fully saturated rings. The summed E-state index contributed by atoms with van der Waals surface area (Å²) in [7, 11) is -1.74. The number of nitro groups is 1. The highest BCUT2D eigenvalue weighted by atomic mass is 32.2. The minimum Gasteiger partial charge on any atom is -0.497 e. The number of amides is 1. The largest absolute Gasteiger partial charge is 0.497 e. The molecular formula is C20H23N3O8S. The van der Waals surface area contributed by atoms with E-state index in [1.807, 2.05) is 0 Å². The van der Waals surface area contributed by atoms with Gasteiger partial charge in [-0.1, -0.05) is 12.1 Å². The Hall–Kier alpha value is -3.38. The van der Waals surface area contributed by atoms with Crippen LogP contribution in [0.5, 0.6) is 11.5 Å². The van der Waals surface area contributed by atoms with Gasteiger partial charge in [0.2, 0.25) is 5.91 Å². The van der Waals surface area contributed by atoms with Gasteiger partial charge in [-0.25, -0.2) is 8.42 Å². The number of carbonyl (C=O) groups is 1. The highest BCUT2D eigenvalue weighted by molar-refractivity contribution is 7.93. The standard InChI is InChI=1S/C20H23N3O8S/c1-29-15-7-8-16(18(13-15)30-2)22(14-20(24)21-9-11-31-12-10-21)32(27,28)19-6-4-3-5-17(19)23(25)26/h3-8,13H,9-12,14H2,1-2H3. The lowest BCUT2D eigenvalue weighted by Gasteiger charge is -2.31. The Morgan fingerprint density at radius 2 is 1.84 bits per heavy atom. The fraction of sp³-hybridized carbons (Fsp3) is 0.350. The third-order valence-electron chi connectivity index (χ3n) is 4.93. The zero-order valence-corrected chi connectivity index (χ0v) is 18.4. The van der Waals surface area contributed by atoms with Gasteiger partial charge in [0.1, 0.15) is 18.0 Å². The third-order valence-corrected chi connectivity index (χ3v) is 6.74. The molecule has 0 N–H and O–H groups in total. The van der Waals surface area contributed by atoms with Crippen LogP contribution in [-0.4, -0.2) is 71.2 Å². The molecule has 172 valence electrons. The predicted octanol–water partition coefficient (Wildman–Crippen LogP) is 1.67. The van der Waals surface area contributed by atoms with E-state index in [1.54, 1.807) is 0 Å². The van der Waals surface area contributed by atoms with Gasteiger partial charge in [0, 0.05) is 25.2 Å². The highest BCUT2D eigenvalue weighted by Crippen LogP contribution is 2.37. The number of carbonyl (C=O) groups excluding carboxylic acids is 1. The number of rotatable bonds is 8. The molecule has 0 unspecified atom stereocenters. The van der Waals surface area contributed by atoms with Crippen molar-refractivity contribution in [2.75, 3.05) is 51.4 Å².